The van der Waals surface area contributed by atoms with Crippen molar-refractivity contribution in [3.63, 3.8) is 0 Å². The second kappa shape index (κ2) is 8.18. The van der Waals surface area contributed by atoms with E-state index in [2.05, 4.69) is 60.6 Å². The third kappa shape index (κ3) is 5.02. The minimum atomic E-state index is -0.0648. The lowest BCUT2D eigenvalue weighted by atomic mass is 10.0. The molecular formula is C18H29N3O. The molecule has 0 radical (unpaired) electrons. The van der Waals surface area contributed by atoms with Crippen LogP contribution in [0.1, 0.15) is 43.9 Å². The van der Waals surface area contributed by atoms with Gasteiger partial charge in [0.15, 0.2) is 0 Å². The van der Waals surface area contributed by atoms with E-state index in [0.717, 1.165) is 13.1 Å². The lowest BCUT2D eigenvalue weighted by Crippen LogP contribution is -2.42. The Balaban J connectivity index is 1.96. The Labute approximate surface area is 134 Å². The van der Waals surface area contributed by atoms with E-state index < -0.39 is 0 Å². The molecule has 2 amide bonds. The number of hydrogen-bond acceptors (Lipinski definition) is 2. The number of nitrogens with zero attached hydrogens (tertiary/aromatic N) is 1. The molecule has 2 N–H and O–H groups in total. The fourth-order valence-corrected chi connectivity index (χ4v) is 2.85. The molecule has 0 saturated carbocycles. The van der Waals surface area contributed by atoms with Crippen LogP contribution >= 0.6 is 0 Å². The Morgan fingerprint density at radius 1 is 1.09 bits per heavy atom. The molecule has 22 heavy (non-hydrogen) atoms. The molecule has 1 fully saturated rings. The van der Waals surface area contributed by atoms with Crippen molar-refractivity contribution in [2.24, 2.45) is 5.92 Å². The van der Waals surface area contributed by atoms with Crippen LogP contribution in [-0.2, 0) is 0 Å². The van der Waals surface area contributed by atoms with Gasteiger partial charge in [-0.15, -0.1) is 0 Å². The molecule has 1 heterocycles. The maximum atomic E-state index is 11.9. The number of nitrogens with one attached hydrogen (secondary N) is 2. The number of likely N-dealkylation sites (tertiary alicyclic amines) is 1. The summed E-state index contributed by atoms with van der Waals surface area (Å²) in [4.78, 5) is 14.4. The van der Waals surface area contributed by atoms with Gasteiger partial charge in [-0.1, -0.05) is 43.7 Å². The molecule has 1 saturated heterocycles. The first-order chi connectivity index (χ1) is 10.6. The van der Waals surface area contributed by atoms with E-state index in [4.69, 9.17) is 0 Å². The number of hydrogen-bond donors (Lipinski definition) is 2. The van der Waals surface area contributed by atoms with Gasteiger partial charge in [0.1, 0.15) is 0 Å². The summed E-state index contributed by atoms with van der Waals surface area (Å²) >= 11 is 0. The Morgan fingerprint density at radius 3 is 2.27 bits per heavy atom. The predicted octanol–water partition coefficient (Wildman–Crippen LogP) is 3.09. The van der Waals surface area contributed by atoms with E-state index in [0.29, 0.717) is 19.0 Å². The second-order valence-electron chi connectivity index (χ2n) is 6.65. The molecule has 1 aromatic carbocycles. The highest BCUT2D eigenvalue weighted by Crippen LogP contribution is 2.24. The van der Waals surface area contributed by atoms with Crippen LogP contribution < -0.4 is 10.6 Å². The number of benzene rings is 1. The van der Waals surface area contributed by atoms with Crippen LogP contribution in [0.25, 0.3) is 0 Å². The highest BCUT2D eigenvalue weighted by molar-refractivity contribution is 5.73. The van der Waals surface area contributed by atoms with Crippen LogP contribution in [0.3, 0.4) is 0 Å². The molecule has 4 heteroatoms. The fraction of sp³-hybridized carbons (Fsp3) is 0.611. The van der Waals surface area contributed by atoms with Gasteiger partial charge in [-0.3, -0.25) is 4.90 Å². The van der Waals surface area contributed by atoms with Crippen molar-refractivity contribution in [2.45, 2.75) is 39.7 Å². The maximum absolute atomic E-state index is 11.9. The van der Waals surface area contributed by atoms with Gasteiger partial charge in [0.05, 0.1) is 6.04 Å². The van der Waals surface area contributed by atoms with Crippen LogP contribution in [0.15, 0.2) is 24.3 Å². The molecule has 0 spiro atoms. The molecule has 1 unspecified atom stereocenters. The fourth-order valence-electron chi connectivity index (χ4n) is 2.85. The molecule has 0 aliphatic carbocycles. The summed E-state index contributed by atoms with van der Waals surface area (Å²) in [5, 5.41) is 5.96. The van der Waals surface area contributed by atoms with Gasteiger partial charge < -0.3 is 10.6 Å². The standard InChI is InChI=1S/C18H29N3O/c1-14(2)12-19-18(22)20-13-17(21-10-4-5-11-21)16-8-6-15(3)7-9-16/h6-9,14,17H,4-5,10-13H2,1-3H3,(H2,19,20,22). The highest BCUT2D eigenvalue weighted by Gasteiger charge is 2.23. The zero-order valence-electron chi connectivity index (χ0n) is 14.1. The van der Waals surface area contributed by atoms with Crippen LogP contribution in [0.4, 0.5) is 4.79 Å². The van der Waals surface area contributed by atoms with Crippen molar-refractivity contribution in [3.05, 3.63) is 35.4 Å². The average Bonchev–Trinajstić information content (AvgIpc) is 3.01. The molecule has 1 aromatic rings. The highest BCUT2D eigenvalue weighted by atomic mass is 16.2. The van der Waals surface area contributed by atoms with Gasteiger partial charge >= 0.3 is 6.03 Å². The molecule has 0 bridgehead atoms. The molecule has 1 aliphatic rings. The van der Waals surface area contributed by atoms with Gasteiger partial charge in [-0.25, -0.2) is 4.79 Å². The third-order valence-corrected chi connectivity index (χ3v) is 4.17. The molecular weight excluding hydrogens is 274 g/mol. The lowest BCUT2D eigenvalue weighted by molar-refractivity contribution is 0.220. The minimum absolute atomic E-state index is 0.0648. The third-order valence-electron chi connectivity index (χ3n) is 4.17. The molecule has 1 aliphatic heterocycles. The predicted molar refractivity (Wildman–Crippen MR) is 91.0 cm³/mol. The number of carbonyl (C=O) groups is 1. The Morgan fingerprint density at radius 2 is 1.68 bits per heavy atom. The topological polar surface area (TPSA) is 44.4 Å². The zero-order valence-corrected chi connectivity index (χ0v) is 14.1. The number of aryl methyl sites for hydroxylation is 1. The quantitative estimate of drug-likeness (QED) is 0.848. The van der Waals surface area contributed by atoms with E-state index in [1.165, 1.54) is 24.0 Å². The Kier molecular flexibility index (Phi) is 6.25. The smallest absolute Gasteiger partial charge is 0.314 e. The van der Waals surface area contributed by atoms with Crippen LogP contribution in [0, 0.1) is 12.8 Å². The summed E-state index contributed by atoms with van der Waals surface area (Å²) in [5.74, 6) is 0.470. The van der Waals surface area contributed by atoms with E-state index in [9.17, 15) is 4.79 Å². The molecule has 122 valence electrons. The zero-order chi connectivity index (χ0) is 15.9. The summed E-state index contributed by atoms with van der Waals surface area (Å²) in [6, 6.07) is 8.88. The average molecular weight is 303 g/mol. The number of carbonyl (C=O) groups excluding carboxylic acids is 1. The number of amides is 2. The molecule has 4 nitrogen and oxygen atoms in total. The summed E-state index contributed by atoms with van der Waals surface area (Å²) in [5.41, 5.74) is 2.56. The molecule has 0 aromatic heterocycles. The SMILES string of the molecule is Cc1ccc(C(CNC(=O)NCC(C)C)N2CCCC2)cc1. The first-order valence-corrected chi connectivity index (χ1v) is 8.38. The van der Waals surface area contributed by atoms with Crippen molar-refractivity contribution in [1.29, 1.82) is 0 Å². The van der Waals surface area contributed by atoms with E-state index in [-0.39, 0.29) is 12.1 Å². The second-order valence-corrected chi connectivity index (χ2v) is 6.65. The number of urea groups is 1. The van der Waals surface area contributed by atoms with E-state index in [1.807, 2.05) is 0 Å². The van der Waals surface area contributed by atoms with Crippen LogP contribution in [0.2, 0.25) is 0 Å². The lowest BCUT2D eigenvalue weighted by Gasteiger charge is -2.28. The van der Waals surface area contributed by atoms with Gasteiger partial charge in [-0.05, 0) is 44.3 Å². The normalized spacial score (nSPS) is 16.7. The van der Waals surface area contributed by atoms with Gasteiger partial charge in [0.25, 0.3) is 0 Å². The Hall–Kier alpha value is -1.55. The number of rotatable bonds is 6. The van der Waals surface area contributed by atoms with Crippen molar-refractivity contribution < 1.29 is 4.79 Å². The van der Waals surface area contributed by atoms with E-state index >= 15 is 0 Å². The van der Waals surface area contributed by atoms with E-state index in [1.54, 1.807) is 0 Å². The largest absolute Gasteiger partial charge is 0.338 e. The van der Waals surface area contributed by atoms with Crippen LogP contribution in [0.5, 0.6) is 0 Å². The summed E-state index contributed by atoms with van der Waals surface area (Å²) < 4.78 is 0. The molecule has 2 rings (SSSR count). The van der Waals surface area contributed by atoms with Crippen LogP contribution in [-0.4, -0.2) is 37.1 Å². The molecule has 1 atom stereocenters. The van der Waals surface area contributed by atoms with Crippen molar-refractivity contribution in [3.8, 4) is 0 Å². The van der Waals surface area contributed by atoms with Gasteiger partial charge in [0.2, 0.25) is 0 Å². The maximum Gasteiger partial charge on any atom is 0.314 e. The first-order valence-electron chi connectivity index (χ1n) is 8.38. The van der Waals surface area contributed by atoms with Crippen molar-refractivity contribution >= 4 is 6.03 Å². The van der Waals surface area contributed by atoms with Gasteiger partial charge in [0, 0.05) is 13.1 Å². The monoisotopic (exact) mass is 303 g/mol. The van der Waals surface area contributed by atoms with Crippen molar-refractivity contribution in [1.82, 2.24) is 15.5 Å². The summed E-state index contributed by atoms with van der Waals surface area (Å²) in [6.07, 6.45) is 2.50. The van der Waals surface area contributed by atoms with Gasteiger partial charge in [-0.2, -0.15) is 0 Å². The Bertz CT molecular complexity index is 464. The minimum Gasteiger partial charge on any atom is -0.338 e. The first kappa shape index (κ1) is 16.8. The summed E-state index contributed by atoms with van der Waals surface area (Å²) in [7, 11) is 0. The summed E-state index contributed by atoms with van der Waals surface area (Å²) in [6.45, 7) is 9.91. The van der Waals surface area contributed by atoms with Crippen molar-refractivity contribution in [2.75, 3.05) is 26.2 Å².